The van der Waals surface area contributed by atoms with Crippen molar-refractivity contribution in [3.63, 3.8) is 0 Å². The van der Waals surface area contributed by atoms with Gasteiger partial charge in [-0.15, -0.1) is 23.7 Å². The quantitative estimate of drug-likeness (QED) is 0.701. The molecule has 1 fully saturated rings. The number of nitrogens with zero attached hydrogens (tertiary/aromatic N) is 3. The number of benzene rings is 1. The minimum atomic E-state index is -0.186. The number of amides is 1. The highest BCUT2D eigenvalue weighted by Gasteiger charge is 2.29. The molecule has 9 heteroatoms. The van der Waals surface area contributed by atoms with Gasteiger partial charge in [-0.1, -0.05) is 29.8 Å². The number of carbonyl (C=O) groups is 1. The summed E-state index contributed by atoms with van der Waals surface area (Å²) in [5, 5.41) is 6.32. The van der Waals surface area contributed by atoms with Gasteiger partial charge in [0.25, 0.3) is 5.56 Å². The zero-order valence-corrected chi connectivity index (χ0v) is 16.7. The molecular formula is C18H18Cl2N4O2S. The van der Waals surface area contributed by atoms with Gasteiger partial charge in [0.1, 0.15) is 11.4 Å². The molecule has 4 rings (SSSR count). The van der Waals surface area contributed by atoms with Gasteiger partial charge in [-0.2, -0.15) is 0 Å². The summed E-state index contributed by atoms with van der Waals surface area (Å²) in [6.07, 6.45) is 1.45. The lowest BCUT2D eigenvalue weighted by atomic mass is 10.0. The molecule has 0 aliphatic carbocycles. The smallest absolute Gasteiger partial charge is 0.262 e. The summed E-state index contributed by atoms with van der Waals surface area (Å²) >= 11 is 7.75. The van der Waals surface area contributed by atoms with E-state index >= 15 is 0 Å². The zero-order chi connectivity index (χ0) is 18.1. The normalized spacial score (nSPS) is 16.9. The van der Waals surface area contributed by atoms with Crippen LogP contribution in [-0.4, -0.2) is 40.0 Å². The molecule has 1 N–H and O–H groups in total. The maximum Gasteiger partial charge on any atom is 0.262 e. The Balaban J connectivity index is 0.00000210. The number of hydrogen-bond donors (Lipinski definition) is 1. The third kappa shape index (κ3) is 3.87. The molecule has 6 nitrogen and oxygen atoms in total. The van der Waals surface area contributed by atoms with E-state index in [1.165, 1.54) is 22.2 Å². The number of carbonyl (C=O) groups excluding carboxylic acids is 1. The molecule has 2 aromatic heterocycles. The molecule has 0 saturated carbocycles. The minimum absolute atomic E-state index is 0. The van der Waals surface area contributed by atoms with Crippen molar-refractivity contribution < 1.29 is 4.79 Å². The SMILES string of the molecule is Cl.O=C(Cn1cnc2sccc2c1=O)N1CCNCC1c1ccccc1Cl. The van der Waals surface area contributed by atoms with Crippen molar-refractivity contribution in [2.75, 3.05) is 19.6 Å². The Morgan fingerprint density at radius 1 is 1.33 bits per heavy atom. The molecule has 1 aromatic carbocycles. The average molecular weight is 425 g/mol. The molecule has 27 heavy (non-hydrogen) atoms. The van der Waals surface area contributed by atoms with E-state index in [1.807, 2.05) is 29.6 Å². The van der Waals surface area contributed by atoms with Crippen molar-refractivity contribution in [1.82, 2.24) is 19.8 Å². The van der Waals surface area contributed by atoms with Crippen LogP contribution in [0, 0.1) is 0 Å². The van der Waals surface area contributed by atoms with E-state index in [1.54, 1.807) is 11.0 Å². The van der Waals surface area contributed by atoms with Gasteiger partial charge in [0, 0.05) is 24.7 Å². The summed E-state index contributed by atoms with van der Waals surface area (Å²) in [5.41, 5.74) is 0.725. The Hall–Kier alpha value is -1.93. The molecule has 1 atom stereocenters. The Bertz CT molecular complexity index is 1020. The summed E-state index contributed by atoms with van der Waals surface area (Å²) in [6, 6.07) is 9.14. The van der Waals surface area contributed by atoms with Gasteiger partial charge in [0.2, 0.25) is 5.91 Å². The van der Waals surface area contributed by atoms with Crippen LogP contribution in [0.4, 0.5) is 0 Å². The van der Waals surface area contributed by atoms with E-state index in [0.717, 1.165) is 5.56 Å². The number of nitrogens with one attached hydrogen (secondary N) is 1. The van der Waals surface area contributed by atoms with Gasteiger partial charge in [0.05, 0.1) is 17.8 Å². The summed E-state index contributed by atoms with van der Waals surface area (Å²) in [6.45, 7) is 1.88. The monoisotopic (exact) mass is 424 g/mol. The number of thiophene rings is 1. The van der Waals surface area contributed by atoms with E-state index in [-0.39, 0.29) is 36.5 Å². The maximum atomic E-state index is 13.0. The topological polar surface area (TPSA) is 67.2 Å². The van der Waals surface area contributed by atoms with Crippen molar-refractivity contribution in [3.05, 3.63) is 63.0 Å². The molecule has 1 unspecified atom stereocenters. The van der Waals surface area contributed by atoms with E-state index in [0.29, 0.717) is 34.9 Å². The highest BCUT2D eigenvalue weighted by molar-refractivity contribution is 7.16. The van der Waals surface area contributed by atoms with Crippen LogP contribution in [0.1, 0.15) is 11.6 Å². The van der Waals surface area contributed by atoms with Crippen molar-refractivity contribution in [3.8, 4) is 0 Å². The largest absolute Gasteiger partial charge is 0.331 e. The molecule has 0 radical (unpaired) electrons. The molecular weight excluding hydrogens is 407 g/mol. The minimum Gasteiger partial charge on any atom is -0.331 e. The number of hydrogen-bond acceptors (Lipinski definition) is 5. The van der Waals surface area contributed by atoms with Gasteiger partial charge < -0.3 is 10.2 Å². The fourth-order valence-electron chi connectivity index (χ4n) is 3.27. The fraction of sp³-hybridized carbons (Fsp3) is 0.278. The fourth-order valence-corrected chi connectivity index (χ4v) is 4.25. The van der Waals surface area contributed by atoms with Crippen molar-refractivity contribution in [2.24, 2.45) is 0 Å². The van der Waals surface area contributed by atoms with Gasteiger partial charge in [-0.05, 0) is 23.1 Å². The van der Waals surface area contributed by atoms with Crippen molar-refractivity contribution in [2.45, 2.75) is 12.6 Å². The molecule has 1 saturated heterocycles. The van der Waals surface area contributed by atoms with Crippen LogP contribution in [0.3, 0.4) is 0 Å². The molecule has 1 amide bonds. The second-order valence-corrected chi connectivity index (χ2v) is 7.45. The predicted octanol–water partition coefficient (Wildman–Crippen LogP) is 2.71. The number of halogens is 2. The van der Waals surface area contributed by atoms with Crippen LogP contribution in [0.2, 0.25) is 5.02 Å². The molecule has 3 aromatic rings. The van der Waals surface area contributed by atoms with Crippen molar-refractivity contribution in [1.29, 1.82) is 0 Å². The number of aromatic nitrogens is 2. The first kappa shape index (κ1) is 19.8. The van der Waals surface area contributed by atoms with Crippen molar-refractivity contribution >= 4 is 51.5 Å². The van der Waals surface area contributed by atoms with Gasteiger partial charge in [0.15, 0.2) is 0 Å². The van der Waals surface area contributed by atoms with E-state index in [2.05, 4.69) is 10.3 Å². The molecule has 1 aliphatic rings. The summed E-state index contributed by atoms with van der Waals surface area (Å²) in [7, 11) is 0. The van der Waals surface area contributed by atoms with Crippen LogP contribution < -0.4 is 10.9 Å². The van der Waals surface area contributed by atoms with Gasteiger partial charge >= 0.3 is 0 Å². The lowest BCUT2D eigenvalue weighted by Crippen LogP contribution is -2.50. The first-order chi connectivity index (χ1) is 12.6. The molecule has 0 bridgehead atoms. The van der Waals surface area contributed by atoms with Crippen LogP contribution in [0.5, 0.6) is 0 Å². The van der Waals surface area contributed by atoms with Crippen LogP contribution >= 0.6 is 35.3 Å². The number of fused-ring (bicyclic) bond motifs is 1. The van der Waals surface area contributed by atoms with E-state index < -0.39 is 0 Å². The molecule has 3 heterocycles. The Kier molecular flexibility index (Phi) is 6.16. The maximum absolute atomic E-state index is 13.0. The van der Waals surface area contributed by atoms with Gasteiger partial charge in [-0.25, -0.2) is 4.98 Å². The van der Waals surface area contributed by atoms with Crippen LogP contribution in [0.15, 0.2) is 46.8 Å². The lowest BCUT2D eigenvalue weighted by molar-refractivity contribution is -0.135. The molecule has 142 valence electrons. The van der Waals surface area contributed by atoms with E-state index in [9.17, 15) is 9.59 Å². The predicted molar refractivity (Wildman–Crippen MR) is 110 cm³/mol. The van der Waals surface area contributed by atoms with Crippen LogP contribution in [-0.2, 0) is 11.3 Å². The number of rotatable bonds is 3. The summed E-state index contributed by atoms with van der Waals surface area (Å²) < 4.78 is 1.38. The third-order valence-corrected chi connectivity index (χ3v) is 5.75. The Morgan fingerprint density at radius 3 is 2.96 bits per heavy atom. The lowest BCUT2D eigenvalue weighted by Gasteiger charge is -2.37. The standard InChI is InChI=1S/C18H17ClN4O2S.ClH/c19-14-4-2-1-3-12(14)15-9-20-6-7-23(15)16(24)10-22-11-21-17-13(18(22)25)5-8-26-17;/h1-5,8,11,15,20H,6-7,9-10H2;1H. The Labute approximate surface area is 171 Å². The van der Waals surface area contributed by atoms with E-state index in [4.69, 9.17) is 11.6 Å². The first-order valence-electron chi connectivity index (χ1n) is 8.32. The summed E-state index contributed by atoms with van der Waals surface area (Å²) in [4.78, 5) is 32.3. The summed E-state index contributed by atoms with van der Waals surface area (Å²) in [5.74, 6) is -0.116. The van der Waals surface area contributed by atoms with Crippen LogP contribution in [0.25, 0.3) is 10.2 Å². The van der Waals surface area contributed by atoms with Gasteiger partial charge in [-0.3, -0.25) is 14.2 Å². The molecule has 0 spiro atoms. The Morgan fingerprint density at radius 2 is 2.15 bits per heavy atom. The molecule has 1 aliphatic heterocycles. The highest BCUT2D eigenvalue weighted by atomic mass is 35.5. The average Bonchev–Trinajstić information content (AvgIpc) is 3.14. The highest BCUT2D eigenvalue weighted by Crippen LogP contribution is 2.28. The number of piperazine rings is 1. The third-order valence-electron chi connectivity index (χ3n) is 4.58. The first-order valence-corrected chi connectivity index (χ1v) is 9.58. The second-order valence-electron chi connectivity index (χ2n) is 6.15. The second kappa shape index (κ2) is 8.39. The zero-order valence-electron chi connectivity index (χ0n) is 14.3.